The molecule has 0 rings (SSSR count). The Balaban J connectivity index is -0.000000375. The van der Waals surface area contributed by atoms with Gasteiger partial charge in [-0.3, -0.25) is 0 Å². The minimum absolute atomic E-state index is 0. The van der Waals surface area contributed by atoms with E-state index in [0.29, 0.717) is 13.1 Å². The van der Waals surface area contributed by atoms with Crippen molar-refractivity contribution in [3.8, 4) is 0 Å². The average Bonchev–Trinajstić information content (AvgIpc) is 2.31. The molecule has 19 heavy (non-hydrogen) atoms. The molecule has 0 aliphatic heterocycles. The molecule has 0 spiro atoms. The van der Waals surface area contributed by atoms with Gasteiger partial charge in [0.05, 0.1) is 0 Å². The lowest BCUT2D eigenvalue weighted by molar-refractivity contribution is 0.569. The van der Waals surface area contributed by atoms with Gasteiger partial charge < -0.3 is 32.7 Å². The van der Waals surface area contributed by atoms with Crippen LogP contribution in [0, 0.1) is 0 Å². The lowest BCUT2D eigenvalue weighted by Crippen LogP contribution is -2.36. The molecule has 0 saturated carbocycles. The molecule has 0 aromatic heterocycles. The van der Waals surface area contributed by atoms with Crippen molar-refractivity contribution in [3.05, 3.63) is 0 Å². The van der Waals surface area contributed by atoms with E-state index in [9.17, 15) is 0 Å². The van der Waals surface area contributed by atoms with Crippen LogP contribution in [0.5, 0.6) is 0 Å². The molecule has 0 amide bonds. The van der Waals surface area contributed by atoms with Crippen LogP contribution in [-0.4, -0.2) is 65.4 Å². The van der Waals surface area contributed by atoms with Crippen LogP contribution in [0.25, 0.3) is 0 Å². The minimum Gasteiger partial charge on any atom is -0.329 e. The van der Waals surface area contributed by atoms with Crippen LogP contribution in [-0.2, 0) is 0 Å². The summed E-state index contributed by atoms with van der Waals surface area (Å²) in [5, 5.41) is 13.1. The monoisotopic (exact) mass is 340 g/mol. The molecule has 0 heterocycles. The number of hydrogen-bond acceptors (Lipinski definition) is 6. The highest BCUT2D eigenvalue weighted by Crippen LogP contribution is 1.62. The van der Waals surface area contributed by atoms with Crippen LogP contribution in [0.4, 0.5) is 0 Å². The number of rotatable bonds is 13. The van der Waals surface area contributed by atoms with E-state index < -0.39 is 0 Å². The number of hydrogen-bond donors (Lipinski definition) is 6. The van der Waals surface area contributed by atoms with Crippen molar-refractivity contribution in [2.45, 2.75) is 0 Å². The van der Waals surface area contributed by atoms with Crippen LogP contribution in [0.2, 0.25) is 0 Å². The van der Waals surface area contributed by atoms with Gasteiger partial charge in [-0.25, -0.2) is 0 Å². The maximum atomic E-state index is 5.35. The minimum atomic E-state index is 0. The van der Waals surface area contributed by atoms with E-state index in [4.69, 9.17) is 11.5 Å². The summed E-state index contributed by atoms with van der Waals surface area (Å²) in [7, 11) is 0. The fraction of sp³-hybridized carbons (Fsp3) is 1.00. The van der Waals surface area contributed by atoms with Crippen molar-refractivity contribution >= 4 is 37.2 Å². The second-order valence-electron chi connectivity index (χ2n) is 3.58. The molecule has 0 saturated heterocycles. The van der Waals surface area contributed by atoms with Gasteiger partial charge in [-0.15, -0.1) is 37.2 Å². The maximum Gasteiger partial charge on any atom is 0.00772 e. The van der Waals surface area contributed by atoms with Crippen molar-refractivity contribution in [2.75, 3.05) is 65.4 Å². The second kappa shape index (κ2) is 27.1. The summed E-state index contributed by atoms with van der Waals surface area (Å²) >= 11 is 0. The van der Waals surface area contributed by atoms with Crippen LogP contribution in [0.3, 0.4) is 0 Å². The summed E-state index contributed by atoms with van der Waals surface area (Å²) in [6, 6.07) is 0. The molecule has 0 fully saturated rings. The second-order valence-corrected chi connectivity index (χ2v) is 3.58. The highest BCUT2D eigenvalue weighted by molar-refractivity contribution is 5.86. The van der Waals surface area contributed by atoms with Gasteiger partial charge in [0.1, 0.15) is 0 Å². The standard InChI is InChI=1S/C10H28N6.3ClH/c11-1-3-13-5-7-15-9-10-16-8-6-14-4-2-12;;;/h13-16H,1-12H2;3*1H. The topological polar surface area (TPSA) is 100 Å². The van der Waals surface area contributed by atoms with Crippen LogP contribution in [0.15, 0.2) is 0 Å². The molecule has 0 atom stereocenters. The third-order valence-electron chi connectivity index (χ3n) is 2.08. The molecule has 0 aliphatic carbocycles. The predicted octanol–water partition coefficient (Wildman–Crippen LogP) is -1.47. The zero-order chi connectivity index (χ0) is 11.9. The predicted molar refractivity (Wildman–Crippen MR) is 91.3 cm³/mol. The summed E-state index contributed by atoms with van der Waals surface area (Å²) in [5.74, 6) is 0. The first kappa shape index (κ1) is 27.9. The highest BCUT2D eigenvalue weighted by atomic mass is 35.5. The number of halogens is 3. The van der Waals surface area contributed by atoms with Crippen molar-refractivity contribution in [1.82, 2.24) is 21.3 Å². The molecule has 0 radical (unpaired) electrons. The summed E-state index contributed by atoms with van der Waals surface area (Å²) < 4.78 is 0. The first-order chi connectivity index (χ1) is 7.91. The summed E-state index contributed by atoms with van der Waals surface area (Å²) in [6.45, 7) is 9.15. The molecule has 122 valence electrons. The first-order valence-corrected chi connectivity index (χ1v) is 6.14. The maximum absolute atomic E-state index is 5.35. The van der Waals surface area contributed by atoms with Crippen LogP contribution in [0.1, 0.15) is 0 Å². The van der Waals surface area contributed by atoms with Crippen molar-refractivity contribution < 1.29 is 0 Å². The molecular weight excluding hydrogens is 311 g/mol. The van der Waals surface area contributed by atoms with E-state index in [-0.39, 0.29) is 37.2 Å². The molecule has 0 bridgehead atoms. The number of nitrogens with two attached hydrogens (primary N) is 2. The van der Waals surface area contributed by atoms with E-state index in [1.807, 2.05) is 0 Å². The van der Waals surface area contributed by atoms with Crippen LogP contribution < -0.4 is 32.7 Å². The summed E-state index contributed by atoms with van der Waals surface area (Å²) in [6.07, 6.45) is 0. The van der Waals surface area contributed by atoms with Gasteiger partial charge in [-0.2, -0.15) is 0 Å². The Morgan fingerprint density at radius 1 is 0.421 bits per heavy atom. The van der Waals surface area contributed by atoms with E-state index in [2.05, 4.69) is 21.3 Å². The quantitative estimate of drug-likeness (QED) is 0.229. The van der Waals surface area contributed by atoms with Crippen molar-refractivity contribution in [3.63, 3.8) is 0 Å². The molecule has 0 aromatic carbocycles. The van der Waals surface area contributed by atoms with Gasteiger partial charge in [-0.1, -0.05) is 0 Å². The largest absolute Gasteiger partial charge is 0.329 e. The van der Waals surface area contributed by atoms with E-state index in [0.717, 1.165) is 52.4 Å². The highest BCUT2D eigenvalue weighted by Gasteiger charge is 1.88. The lowest BCUT2D eigenvalue weighted by atomic mass is 10.5. The van der Waals surface area contributed by atoms with E-state index >= 15 is 0 Å². The SMILES string of the molecule is Cl.Cl.Cl.NCCNCCNCCNCCNCCN. The molecule has 8 N–H and O–H groups in total. The third kappa shape index (κ3) is 27.7. The smallest absolute Gasteiger partial charge is 0.00772 e. The summed E-state index contributed by atoms with van der Waals surface area (Å²) in [4.78, 5) is 0. The van der Waals surface area contributed by atoms with Gasteiger partial charge >= 0.3 is 0 Å². The zero-order valence-corrected chi connectivity index (χ0v) is 13.9. The fourth-order valence-corrected chi connectivity index (χ4v) is 1.23. The van der Waals surface area contributed by atoms with Gasteiger partial charge in [0.15, 0.2) is 0 Å². The molecular formula is C10H31Cl3N6. The average molecular weight is 342 g/mol. The molecule has 0 unspecified atom stereocenters. The lowest BCUT2D eigenvalue weighted by Gasteiger charge is -2.07. The Labute approximate surface area is 135 Å². The Kier molecular flexibility index (Phi) is 39.7. The van der Waals surface area contributed by atoms with Gasteiger partial charge in [0.2, 0.25) is 0 Å². The molecule has 0 aromatic rings. The third-order valence-corrected chi connectivity index (χ3v) is 2.08. The molecule has 0 aliphatic rings. The van der Waals surface area contributed by atoms with Gasteiger partial charge in [0, 0.05) is 65.4 Å². The Morgan fingerprint density at radius 2 is 0.632 bits per heavy atom. The normalized spacial score (nSPS) is 9.16. The Morgan fingerprint density at radius 3 is 0.842 bits per heavy atom. The van der Waals surface area contributed by atoms with Crippen molar-refractivity contribution in [2.24, 2.45) is 11.5 Å². The van der Waals surface area contributed by atoms with Crippen LogP contribution >= 0.6 is 37.2 Å². The fourth-order valence-electron chi connectivity index (χ4n) is 1.23. The van der Waals surface area contributed by atoms with E-state index in [1.165, 1.54) is 0 Å². The first-order valence-electron chi connectivity index (χ1n) is 6.14. The van der Waals surface area contributed by atoms with E-state index in [1.54, 1.807) is 0 Å². The Bertz CT molecular complexity index is 120. The van der Waals surface area contributed by atoms with Gasteiger partial charge in [0.25, 0.3) is 0 Å². The van der Waals surface area contributed by atoms with Gasteiger partial charge in [-0.05, 0) is 0 Å². The van der Waals surface area contributed by atoms with Crippen molar-refractivity contribution in [1.29, 1.82) is 0 Å². The molecule has 6 nitrogen and oxygen atoms in total. The molecule has 9 heteroatoms. The zero-order valence-electron chi connectivity index (χ0n) is 11.5. The number of nitrogens with one attached hydrogen (secondary N) is 4. The summed E-state index contributed by atoms with van der Waals surface area (Å²) in [5.41, 5.74) is 10.7. The Hall–Kier alpha value is 0.630.